The highest BCUT2D eigenvalue weighted by Crippen LogP contribution is 2.77. The molecule has 28 atom stereocenters. The highest BCUT2D eigenvalue weighted by Gasteiger charge is 2.87. The van der Waals surface area contributed by atoms with E-state index < -0.39 is 209 Å². The summed E-state index contributed by atoms with van der Waals surface area (Å²) in [6, 6.07) is 0. The molecule has 5 saturated heterocycles. The number of aliphatic hydroxyl groups excluding tert-OH is 10. The summed E-state index contributed by atoms with van der Waals surface area (Å²) in [5.41, 5.74) is -8.77. The summed E-state index contributed by atoms with van der Waals surface area (Å²) in [4.78, 5) is 28.5. The fraction of sp³-hybridized carbons (Fsp3) is 0.926. The molecule has 13 N–H and O–H groups in total. The SMILES string of the molecule is COC1C(O)C(CO)OC(OC2C(O)C(CO)OC(OC3C(C)OC(OC4C(OC5CCC6(C)C7=CC(O)C89C(=O)OC(C)(C(=O)CCC(C)(C)O)C8(O)CCC9(C)C7CCC6C5(C)C)OCC(OS(=O)(=O)O)C4O)C(O)C3O)C2O)C1O. The molecule has 9 aliphatic rings. The molecule has 29 heteroatoms. The molecular formula is C54H86O28S. The predicted octanol–water partition coefficient (Wildman–Crippen LogP) is -3.10. The van der Waals surface area contributed by atoms with Crippen LogP contribution in [0.1, 0.15) is 107 Å². The first-order valence-corrected chi connectivity index (χ1v) is 29.9. The highest BCUT2D eigenvalue weighted by atomic mass is 32.3. The maximum atomic E-state index is 14.5. The minimum absolute atomic E-state index is 0.00608. The minimum Gasteiger partial charge on any atom is -0.448 e. The maximum Gasteiger partial charge on any atom is 0.397 e. The molecule has 0 aromatic carbocycles. The molecule has 0 radical (unpaired) electrons. The smallest absolute Gasteiger partial charge is 0.397 e. The second kappa shape index (κ2) is 23.1. The number of cyclic esters (lactones) is 1. The Balaban J connectivity index is 0.916. The molecule has 476 valence electrons. The fourth-order valence-corrected chi connectivity index (χ4v) is 16.7. The molecule has 28 nitrogen and oxygen atoms in total. The van der Waals surface area contributed by atoms with Gasteiger partial charge >= 0.3 is 16.4 Å². The van der Waals surface area contributed by atoms with Gasteiger partial charge in [-0.05, 0) is 101 Å². The lowest BCUT2D eigenvalue weighted by Gasteiger charge is -2.64. The summed E-state index contributed by atoms with van der Waals surface area (Å²) in [6.45, 7) is 11.5. The van der Waals surface area contributed by atoms with E-state index in [1.807, 2.05) is 20.8 Å². The summed E-state index contributed by atoms with van der Waals surface area (Å²) in [5.74, 6) is -1.95. The van der Waals surface area contributed by atoms with Crippen molar-refractivity contribution in [3.05, 3.63) is 11.6 Å². The van der Waals surface area contributed by atoms with Crippen molar-refractivity contribution in [2.45, 2.75) is 252 Å². The summed E-state index contributed by atoms with van der Waals surface area (Å²) in [7, 11) is -4.04. The number of aliphatic hydroxyl groups is 12. The number of fused-ring (bicyclic) bond motifs is 4. The summed E-state index contributed by atoms with van der Waals surface area (Å²) >= 11 is 0. The predicted molar refractivity (Wildman–Crippen MR) is 276 cm³/mol. The second-order valence-corrected chi connectivity index (χ2v) is 27.3. The van der Waals surface area contributed by atoms with Crippen LogP contribution in [0.25, 0.3) is 0 Å². The van der Waals surface area contributed by atoms with E-state index >= 15 is 0 Å². The van der Waals surface area contributed by atoms with Crippen molar-refractivity contribution >= 4 is 22.2 Å². The Kier molecular flexibility index (Phi) is 18.2. The van der Waals surface area contributed by atoms with Gasteiger partial charge in [0.1, 0.15) is 96.5 Å². The number of allylic oxidation sites excluding steroid dienone is 1. The first-order valence-electron chi connectivity index (χ1n) is 28.5. The Morgan fingerprint density at radius 1 is 0.723 bits per heavy atom. The summed E-state index contributed by atoms with van der Waals surface area (Å²) < 4.78 is 97.5. The molecule has 83 heavy (non-hydrogen) atoms. The van der Waals surface area contributed by atoms with Crippen molar-refractivity contribution < 1.29 is 135 Å². The number of ketones is 1. The van der Waals surface area contributed by atoms with Crippen LogP contribution in [-0.2, 0) is 71.5 Å². The van der Waals surface area contributed by atoms with Gasteiger partial charge in [-0.2, -0.15) is 8.42 Å². The van der Waals surface area contributed by atoms with E-state index in [1.165, 1.54) is 21.0 Å². The molecule has 0 aromatic rings. The lowest BCUT2D eigenvalue weighted by molar-refractivity contribution is -0.389. The number of hydrogen-bond donors (Lipinski definition) is 13. The zero-order chi connectivity index (χ0) is 61.3. The number of hydrogen-bond acceptors (Lipinski definition) is 27. The van der Waals surface area contributed by atoms with Crippen molar-refractivity contribution in [1.82, 2.24) is 0 Å². The van der Waals surface area contributed by atoms with Crippen LogP contribution in [0.4, 0.5) is 0 Å². The molecule has 0 aromatic heterocycles. The average molecular weight is 1220 g/mol. The third-order valence-electron chi connectivity index (χ3n) is 20.7. The van der Waals surface area contributed by atoms with Gasteiger partial charge < -0.3 is 109 Å². The van der Waals surface area contributed by atoms with Crippen LogP contribution in [-0.4, -0.2) is 259 Å². The molecule has 9 rings (SSSR count). The summed E-state index contributed by atoms with van der Waals surface area (Å²) in [5, 5.41) is 135. The first-order chi connectivity index (χ1) is 38.5. The zero-order valence-electron chi connectivity index (χ0n) is 48.0. The number of carbonyl (C=O) groups is 2. The van der Waals surface area contributed by atoms with Crippen molar-refractivity contribution in [1.29, 1.82) is 0 Å². The van der Waals surface area contributed by atoms with Crippen molar-refractivity contribution in [2.24, 2.45) is 33.5 Å². The number of Topliss-reactive ketones (excluding diaryl/α,β-unsaturated/α-hetero) is 1. The van der Waals surface area contributed by atoms with Crippen LogP contribution in [0.2, 0.25) is 0 Å². The lowest BCUT2D eigenvalue weighted by atomic mass is 9.40. The highest BCUT2D eigenvalue weighted by molar-refractivity contribution is 7.80. The van der Waals surface area contributed by atoms with Crippen LogP contribution in [0.3, 0.4) is 0 Å². The third-order valence-corrected chi connectivity index (χ3v) is 21.2. The normalized spacial score (nSPS) is 50.8. The molecule has 0 bridgehead atoms. The third kappa shape index (κ3) is 10.6. The van der Waals surface area contributed by atoms with Gasteiger partial charge in [0.2, 0.25) is 0 Å². The standard InChI is InChI=1S/C54H86O28S/c1-22-39(78-45-38(65)41(33(60)26(20-56)76-45)79-44-37(64)40(72-9)32(59)25(19-55)75-44)35(62)36(63)43(74-22)80-42-34(61)27(82-83(69,70)71)21-73-46(42)77-31-13-15-50(6)24-18-30(58)54-47(66)81-52(8,29(57)12-14-48(2,3)67)53(54,68)17-16-51(54,7)23(24)10-11-28(50)49(31,4)5/h18,22-23,25-28,30-46,55-56,58-65,67-68H,10-17,19-21H2,1-9H3,(H,69,70,71). The largest absolute Gasteiger partial charge is 0.448 e. The fourth-order valence-electron chi connectivity index (χ4n) is 16.2. The van der Waals surface area contributed by atoms with Crippen LogP contribution >= 0.6 is 0 Å². The molecule has 5 heterocycles. The van der Waals surface area contributed by atoms with Crippen molar-refractivity contribution in [3.63, 3.8) is 0 Å². The Bertz CT molecular complexity index is 2510. The van der Waals surface area contributed by atoms with Gasteiger partial charge in [0.15, 0.2) is 36.5 Å². The number of carbonyl (C=O) groups excluding carboxylic acids is 2. The van der Waals surface area contributed by atoms with Crippen molar-refractivity contribution in [3.8, 4) is 0 Å². The quantitative estimate of drug-likeness (QED) is 0.0297. The van der Waals surface area contributed by atoms with E-state index in [4.69, 9.17) is 51.6 Å². The average Bonchev–Trinajstić information content (AvgIpc) is 4.00. The van der Waals surface area contributed by atoms with Gasteiger partial charge in [-0.3, -0.25) is 14.1 Å². The van der Waals surface area contributed by atoms with E-state index in [0.717, 1.165) is 5.57 Å². The van der Waals surface area contributed by atoms with Gasteiger partial charge in [-0.15, -0.1) is 0 Å². The Hall–Kier alpha value is -2.09. The van der Waals surface area contributed by atoms with Gasteiger partial charge in [-0.1, -0.05) is 39.3 Å². The summed E-state index contributed by atoms with van der Waals surface area (Å²) in [6.07, 6.45) is -31.3. The molecule has 1 spiro atoms. The zero-order valence-corrected chi connectivity index (χ0v) is 48.8. The molecule has 8 fully saturated rings. The number of esters is 1. The van der Waals surface area contributed by atoms with Crippen LogP contribution in [0.15, 0.2) is 11.6 Å². The topological polar surface area (TPSA) is 433 Å². The van der Waals surface area contributed by atoms with E-state index in [0.29, 0.717) is 32.1 Å². The lowest BCUT2D eigenvalue weighted by Crippen LogP contribution is -2.69. The number of ether oxygens (including phenoxy) is 10. The minimum atomic E-state index is -5.21. The molecule has 5 aliphatic heterocycles. The van der Waals surface area contributed by atoms with Crippen LogP contribution in [0, 0.1) is 33.5 Å². The number of methoxy groups -OCH3 is 1. The Labute approximate surface area is 480 Å². The molecule has 28 unspecified atom stereocenters. The van der Waals surface area contributed by atoms with Gasteiger partial charge in [0, 0.05) is 13.5 Å². The van der Waals surface area contributed by atoms with Gasteiger partial charge in [-0.25, -0.2) is 4.18 Å². The Morgan fingerprint density at radius 3 is 1.89 bits per heavy atom. The Morgan fingerprint density at radius 2 is 1.30 bits per heavy atom. The molecule has 3 saturated carbocycles. The van der Waals surface area contributed by atoms with Gasteiger partial charge in [0.25, 0.3) is 0 Å². The molecular weight excluding hydrogens is 1130 g/mol. The first kappa shape index (κ1) is 65.4. The second-order valence-electron chi connectivity index (χ2n) is 26.3. The van der Waals surface area contributed by atoms with Gasteiger partial charge in [0.05, 0.1) is 43.7 Å². The van der Waals surface area contributed by atoms with E-state index in [1.54, 1.807) is 19.9 Å². The number of rotatable bonds is 17. The van der Waals surface area contributed by atoms with Crippen LogP contribution < -0.4 is 0 Å². The van der Waals surface area contributed by atoms with E-state index in [2.05, 4.69) is 6.92 Å². The van der Waals surface area contributed by atoms with Crippen molar-refractivity contribution in [2.75, 3.05) is 26.9 Å². The van der Waals surface area contributed by atoms with E-state index in [-0.39, 0.29) is 31.1 Å². The maximum absolute atomic E-state index is 14.5. The van der Waals surface area contributed by atoms with E-state index in [9.17, 15) is 83.8 Å². The molecule has 0 amide bonds. The molecule has 4 aliphatic carbocycles. The van der Waals surface area contributed by atoms with Crippen LogP contribution in [0.5, 0.6) is 0 Å². The monoisotopic (exact) mass is 1210 g/mol.